The van der Waals surface area contributed by atoms with Crippen LogP contribution in [-0.4, -0.2) is 0 Å². The fraction of sp³-hybridized carbons (Fsp3) is 0.111. The molecular weight excluding hydrogens is 540 g/mol. The summed E-state index contributed by atoms with van der Waals surface area (Å²) >= 11 is 0. The molecular formula is C45H34. The number of benzene rings is 7. The molecule has 0 saturated carbocycles. The summed E-state index contributed by atoms with van der Waals surface area (Å²) in [5, 5.41) is 7.81. The Kier molecular flexibility index (Phi) is 5.93. The van der Waals surface area contributed by atoms with Crippen molar-refractivity contribution in [2.45, 2.75) is 33.1 Å². The number of hydrogen-bond acceptors (Lipinski definition) is 0. The van der Waals surface area contributed by atoms with Crippen molar-refractivity contribution in [3.63, 3.8) is 0 Å². The van der Waals surface area contributed by atoms with E-state index in [1.165, 1.54) is 106 Å². The minimum absolute atomic E-state index is 1.10. The molecule has 0 aromatic heterocycles. The van der Waals surface area contributed by atoms with Gasteiger partial charge in [0.25, 0.3) is 0 Å². The van der Waals surface area contributed by atoms with Gasteiger partial charge >= 0.3 is 0 Å². The number of fused-ring (bicyclic) bond motifs is 5. The first-order valence-electron chi connectivity index (χ1n) is 16.2. The van der Waals surface area contributed by atoms with Crippen LogP contribution in [0.3, 0.4) is 0 Å². The van der Waals surface area contributed by atoms with Gasteiger partial charge in [-0.3, -0.25) is 0 Å². The van der Waals surface area contributed by atoms with Gasteiger partial charge in [0.2, 0.25) is 0 Å². The molecule has 0 unspecified atom stereocenters. The minimum Gasteiger partial charge on any atom is -0.0836 e. The zero-order chi connectivity index (χ0) is 30.1. The van der Waals surface area contributed by atoms with Gasteiger partial charge in [-0.15, -0.1) is 0 Å². The lowest BCUT2D eigenvalue weighted by atomic mass is 9.84. The van der Waals surface area contributed by atoms with Gasteiger partial charge in [0.15, 0.2) is 0 Å². The van der Waals surface area contributed by atoms with E-state index in [9.17, 15) is 0 Å². The average Bonchev–Trinajstić information content (AvgIpc) is 3.45. The topological polar surface area (TPSA) is 0 Å². The third-order valence-electron chi connectivity index (χ3n) is 10.2. The summed E-state index contributed by atoms with van der Waals surface area (Å²) in [6, 6.07) is 45.6. The predicted molar refractivity (Wildman–Crippen MR) is 194 cm³/mol. The highest BCUT2D eigenvalue weighted by Gasteiger charge is 2.23. The number of hydrogen-bond donors (Lipinski definition) is 0. The standard InChI is InChI=1S/C45H34/c1-28-24-34(21-22-36(28)42-26-31-12-4-3-11-30(31)23-29(42)2)44-38-15-7-9-17-40(38)45(41-18-10-8-16-39(41)44)35-20-19-33-25-32-13-5-6-14-37(32)43(33)27-35/h3-4,6-12,14-24,26-27H,5,13,25H2,1-2H3. The summed E-state index contributed by atoms with van der Waals surface area (Å²) in [7, 11) is 0. The maximum Gasteiger partial charge on any atom is -0.00262 e. The smallest absolute Gasteiger partial charge is 0.00262 e. The third-order valence-corrected chi connectivity index (χ3v) is 10.2. The van der Waals surface area contributed by atoms with E-state index >= 15 is 0 Å². The summed E-state index contributed by atoms with van der Waals surface area (Å²) < 4.78 is 0. The molecule has 0 bridgehead atoms. The van der Waals surface area contributed by atoms with Crippen LogP contribution in [0.25, 0.3) is 71.3 Å². The van der Waals surface area contributed by atoms with Crippen molar-refractivity contribution in [2.75, 3.05) is 0 Å². The average molecular weight is 575 g/mol. The van der Waals surface area contributed by atoms with Crippen LogP contribution in [-0.2, 0) is 6.42 Å². The molecule has 0 fully saturated rings. The minimum atomic E-state index is 1.10. The Morgan fingerprint density at radius 3 is 1.73 bits per heavy atom. The summed E-state index contributed by atoms with van der Waals surface area (Å²) in [4.78, 5) is 0. The van der Waals surface area contributed by atoms with Gasteiger partial charge < -0.3 is 0 Å². The van der Waals surface area contributed by atoms with E-state index in [2.05, 4.69) is 147 Å². The van der Waals surface area contributed by atoms with Crippen LogP contribution in [0, 0.1) is 13.8 Å². The first-order valence-corrected chi connectivity index (χ1v) is 16.2. The van der Waals surface area contributed by atoms with Gasteiger partial charge in [0, 0.05) is 0 Å². The first kappa shape index (κ1) is 26.2. The molecule has 45 heavy (non-hydrogen) atoms. The van der Waals surface area contributed by atoms with Crippen molar-refractivity contribution in [1.82, 2.24) is 0 Å². The monoisotopic (exact) mass is 574 g/mol. The molecule has 0 nitrogen and oxygen atoms in total. The second kappa shape index (κ2) is 10.2. The molecule has 9 rings (SSSR count). The van der Waals surface area contributed by atoms with E-state index in [1.807, 2.05) is 0 Å². The van der Waals surface area contributed by atoms with E-state index in [1.54, 1.807) is 5.57 Å². The lowest BCUT2D eigenvalue weighted by Gasteiger charge is -2.19. The molecule has 2 aliphatic rings. The maximum absolute atomic E-state index is 2.46. The molecule has 0 N–H and O–H groups in total. The van der Waals surface area contributed by atoms with Crippen LogP contribution in [0.15, 0.2) is 139 Å². The summed E-state index contributed by atoms with van der Waals surface area (Å²) in [5.41, 5.74) is 16.4. The second-order valence-electron chi connectivity index (χ2n) is 12.9. The Bertz CT molecular complexity index is 2360. The van der Waals surface area contributed by atoms with Crippen molar-refractivity contribution in [2.24, 2.45) is 0 Å². The fourth-order valence-electron chi connectivity index (χ4n) is 8.06. The molecule has 0 atom stereocenters. The maximum atomic E-state index is 2.46. The summed E-state index contributed by atoms with van der Waals surface area (Å²) in [5.74, 6) is 0. The van der Waals surface area contributed by atoms with Gasteiger partial charge in [-0.05, 0) is 139 Å². The summed E-state index contributed by atoms with van der Waals surface area (Å²) in [6.07, 6.45) is 8.16. The number of rotatable bonds is 3. The lowest BCUT2D eigenvalue weighted by Crippen LogP contribution is -1.93. The van der Waals surface area contributed by atoms with Crippen LogP contribution >= 0.6 is 0 Å². The Hall–Kier alpha value is -5.20. The zero-order valence-electron chi connectivity index (χ0n) is 25.8. The van der Waals surface area contributed by atoms with Gasteiger partial charge in [-0.1, -0.05) is 127 Å². The molecule has 0 heterocycles. The van der Waals surface area contributed by atoms with Gasteiger partial charge in [0.1, 0.15) is 0 Å². The molecule has 7 aromatic carbocycles. The largest absolute Gasteiger partial charge is 0.0836 e. The fourth-order valence-corrected chi connectivity index (χ4v) is 8.06. The van der Waals surface area contributed by atoms with E-state index in [0.717, 1.165) is 6.42 Å². The zero-order valence-corrected chi connectivity index (χ0v) is 25.8. The molecule has 0 amide bonds. The third kappa shape index (κ3) is 4.13. The lowest BCUT2D eigenvalue weighted by molar-refractivity contribution is 0.935. The molecule has 0 aliphatic heterocycles. The second-order valence-corrected chi connectivity index (χ2v) is 12.9. The van der Waals surface area contributed by atoms with Crippen molar-refractivity contribution in [3.05, 3.63) is 161 Å². The van der Waals surface area contributed by atoms with Crippen molar-refractivity contribution in [3.8, 4) is 33.4 Å². The van der Waals surface area contributed by atoms with Crippen LogP contribution in [0.4, 0.5) is 0 Å². The molecule has 0 radical (unpaired) electrons. The van der Waals surface area contributed by atoms with Crippen molar-refractivity contribution >= 4 is 37.9 Å². The Balaban J connectivity index is 1.25. The SMILES string of the molecule is Cc1cc(-c2c3ccccc3c(-c3ccc4c(c3)C3=C(CCC=C3)C4)c3ccccc23)ccc1-c1cc2ccccc2cc1C. The number of allylic oxidation sites excluding steroid dienone is 4. The Morgan fingerprint density at radius 2 is 1.07 bits per heavy atom. The Labute approximate surface area is 265 Å². The van der Waals surface area contributed by atoms with E-state index in [-0.39, 0.29) is 0 Å². The quantitative estimate of drug-likeness (QED) is 0.184. The van der Waals surface area contributed by atoms with Crippen LogP contribution in [0.2, 0.25) is 0 Å². The highest BCUT2D eigenvalue weighted by Crippen LogP contribution is 2.46. The van der Waals surface area contributed by atoms with E-state index in [0.29, 0.717) is 0 Å². The summed E-state index contributed by atoms with van der Waals surface area (Å²) in [6.45, 7) is 4.50. The first-order chi connectivity index (χ1) is 22.1. The van der Waals surface area contributed by atoms with Crippen LogP contribution in [0.5, 0.6) is 0 Å². The van der Waals surface area contributed by atoms with Crippen LogP contribution < -0.4 is 0 Å². The number of aryl methyl sites for hydroxylation is 2. The predicted octanol–water partition coefficient (Wildman–Crippen LogP) is 12.4. The molecule has 2 aliphatic carbocycles. The molecule has 0 saturated heterocycles. The van der Waals surface area contributed by atoms with Gasteiger partial charge in [0.05, 0.1) is 0 Å². The van der Waals surface area contributed by atoms with E-state index < -0.39 is 0 Å². The van der Waals surface area contributed by atoms with Gasteiger partial charge in [-0.25, -0.2) is 0 Å². The van der Waals surface area contributed by atoms with Crippen molar-refractivity contribution in [1.29, 1.82) is 0 Å². The Morgan fingerprint density at radius 1 is 0.489 bits per heavy atom. The normalized spacial score (nSPS) is 14.0. The molecule has 214 valence electrons. The highest BCUT2D eigenvalue weighted by atomic mass is 14.3. The van der Waals surface area contributed by atoms with E-state index in [4.69, 9.17) is 0 Å². The van der Waals surface area contributed by atoms with Gasteiger partial charge in [-0.2, -0.15) is 0 Å². The molecule has 0 spiro atoms. The highest BCUT2D eigenvalue weighted by molar-refractivity contribution is 6.21. The van der Waals surface area contributed by atoms with Crippen molar-refractivity contribution < 1.29 is 0 Å². The molecule has 0 heteroatoms. The van der Waals surface area contributed by atoms with Crippen LogP contribution in [0.1, 0.15) is 35.1 Å². The molecule has 7 aromatic rings.